The molecule has 0 aliphatic rings. The zero-order valence-corrected chi connectivity index (χ0v) is 12.3. The fourth-order valence-electron chi connectivity index (χ4n) is 2.27. The second kappa shape index (κ2) is 5.18. The number of aromatic amines is 1. The Labute approximate surface area is 126 Å². The molecule has 5 nitrogen and oxygen atoms in total. The molecule has 0 aliphatic carbocycles. The molecule has 6 heteroatoms. The van der Waals surface area contributed by atoms with Gasteiger partial charge in [0.15, 0.2) is 0 Å². The first-order valence-corrected chi connectivity index (χ1v) is 6.81. The Morgan fingerprint density at radius 1 is 1.38 bits per heavy atom. The highest BCUT2D eigenvalue weighted by atomic mass is 35.5. The number of carbonyl (C=O) groups excluding carboxylic acids is 1. The van der Waals surface area contributed by atoms with Crippen molar-refractivity contribution in [2.75, 3.05) is 5.32 Å². The van der Waals surface area contributed by atoms with Crippen LogP contribution in [-0.4, -0.2) is 21.1 Å². The topological polar surface area (TPSA) is 70.7 Å². The number of aromatic nitrogens is 3. The van der Waals surface area contributed by atoms with Gasteiger partial charge in [-0.1, -0.05) is 11.6 Å². The number of anilines is 1. The molecule has 0 saturated carbocycles. The third-order valence-electron chi connectivity index (χ3n) is 3.35. The number of H-pyrrole nitrogens is 1. The van der Waals surface area contributed by atoms with E-state index in [1.54, 1.807) is 19.2 Å². The van der Waals surface area contributed by atoms with Crippen molar-refractivity contribution in [3.8, 4) is 0 Å². The zero-order valence-electron chi connectivity index (χ0n) is 11.6. The molecule has 21 heavy (non-hydrogen) atoms. The summed E-state index contributed by atoms with van der Waals surface area (Å²) >= 11 is 6.29. The Morgan fingerprint density at radius 2 is 2.19 bits per heavy atom. The Kier molecular flexibility index (Phi) is 3.35. The van der Waals surface area contributed by atoms with Gasteiger partial charge in [0, 0.05) is 17.3 Å². The summed E-state index contributed by atoms with van der Waals surface area (Å²) in [5, 5.41) is 10.8. The van der Waals surface area contributed by atoms with E-state index >= 15 is 0 Å². The third kappa shape index (κ3) is 2.36. The van der Waals surface area contributed by atoms with Gasteiger partial charge in [0.2, 0.25) is 0 Å². The number of carbonyl (C=O) groups is 1. The minimum atomic E-state index is -0.253. The van der Waals surface area contributed by atoms with Crippen molar-refractivity contribution in [1.29, 1.82) is 0 Å². The van der Waals surface area contributed by atoms with Gasteiger partial charge in [-0.2, -0.15) is 5.10 Å². The van der Waals surface area contributed by atoms with Crippen LogP contribution in [-0.2, 0) is 0 Å². The standard InChI is InChI=1S/C15H13ClN4O/c1-8-6-12(16)14(10-4-3-5-17-13(8)10)19-15(21)11-7-18-20-9(11)2/h3-7H,1-2H3,(H,18,20)(H,19,21). The molecule has 0 unspecified atom stereocenters. The number of amides is 1. The lowest BCUT2D eigenvalue weighted by Gasteiger charge is -2.12. The summed E-state index contributed by atoms with van der Waals surface area (Å²) in [7, 11) is 0. The maximum Gasteiger partial charge on any atom is 0.259 e. The van der Waals surface area contributed by atoms with E-state index in [0.29, 0.717) is 22.0 Å². The van der Waals surface area contributed by atoms with Crippen LogP contribution in [0.3, 0.4) is 0 Å². The molecule has 1 amide bonds. The Bertz CT molecular complexity index is 841. The lowest BCUT2D eigenvalue weighted by Crippen LogP contribution is -2.13. The normalized spacial score (nSPS) is 10.8. The second-order valence-electron chi connectivity index (χ2n) is 4.81. The first-order valence-electron chi connectivity index (χ1n) is 6.43. The monoisotopic (exact) mass is 300 g/mol. The molecule has 0 spiro atoms. The van der Waals surface area contributed by atoms with Crippen molar-refractivity contribution in [1.82, 2.24) is 15.2 Å². The van der Waals surface area contributed by atoms with E-state index in [1.807, 2.05) is 19.1 Å². The maximum absolute atomic E-state index is 12.3. The van der Waals surface area contributed by atoms with Gasteiger partial charge in [0.05, 0.1) is 28.0 Å². The molecule has 0 atom stereocenters. The lowest BCUT2D eigenvalue weighted by atomic mass is 10.1. The van der Waals surface area contributed by atoms with E-state index in [9.17, 15) is 4.79 Å². The van der Waals surface area contributed by atoms with Crippen LogP contribution in [0.5, 0.6) is 0 Å². The van der Waals surface area contributed by atoms with Crippen LogP contribution in [0.25, 0.3) is 10.9 Å². The Morgan fingerprint density at radius 3 is 2.90 bits per heavy atom. The van der Waals surface area contributed by atoms with Crippen LogP contribution in [0.4, 0.5) is 5.69 Å². The van der Waals surface area contributed by atoms with Gasteiger partial charge in [-0.25, -0.2) is 0 Å². The molecule has 3 rings (SSSR count). The van der Waals surface area contributed by atoms with E-state index in [-0.39, 0.29) is 5.91 Å². The highest BCUT2D eigenvalue weighted by Gasteiger charge is 2.16. The molecular formula is C15H13ClN4O. The molecule has 1 aromatic carbocycles. The van der Waals surface area contributed by atoms with Crippen molar-refractivity contribution < 1.29 is 4.79 Å². The average Bonchev–Trinajstić information content (AvgIpc) is 2.89. The number of fused-ring (bicyclic) bond motifs is 1. The Balaban J connectivity index is 2.09. The number of pyridine rings is 1. The van der Waals surface area contributed by atoms with E-state index < -0.39 is 0 Å². The molecule has 0 saturated heterocycles. The van der Waals surface area contributed by atoms with Crippen molar-refractivity contribution in [3.63, 3.8) is 0 Å². The number of nitrogens with one attached hydrogen (secondary N) is 2. The molecule has 0 fully saturated rings. The molecule has 2 heterocycles. The quantitative estimate of drug-likeness (QED) is 0.761. The molecular weight excluding hydrogens is 288 g/mol. The SMILES string of the molecule is Cc1[nH]ncc1C(=O)Nc1c(Cl)cc(C)c2ncccc12. The minimum absolute atomic E-state index is 0.253. The van der Waals surface area contributed by atoms with E-state index in [4.69, 9.17) is 11.6 Å². The fraction of sp³-hybridized carbons (Fsp3) is 0.133. The van der Waals surface area contributed by atoms with Crippen LogP contribution in [0.2, 0.25) is 5.02 Å². The van der Waals surface area contributed by atoms with Crippen LogP contribution in [0.15, 0.2) is 30.6 Å². The van der Waals surface area contributed by atoms with Gasteiger partial charge >= 0.3 is 0 Å². The van der Waals surface area contributed by atoms with Crippen LogP contribution < -0.4 is 5.32 Å². The minimum Gasteiger partial charge on any atom is -0.320 e. The van der Waals surface area contributed by atoms with Gasteiger partial charge in [-0.3, -0.25) is 14.9 Å². The van der Waals surface area contributed by atoms with Crippen LogP contribution in [0, 0.1) is 13.8 Å². The van der Waals surface area contributed by atoms with Gasteiger partial charge in [-0.15, -0.1) is 0 Å². The second-order valence-corrected chi connectivity index (χ2v) is 5.22. The zero-order chi connectivity index (χ0) is 15.0. The fourth-order valence-corrected chi connectivity index (χ4v) is 2.58. The van der Waals surface area contributed by atoms with Gasteiger partial charge in [0.1, 0.15) is 0 Å². The van der Waals surface area contributed by atoms with Crippen molar-refractivity contribution in [2.24, 2.45) is 0 Å². The first-order chi connectivity index (χ1) is 10.1. The van der Waals surface area contributed by atoms with Crippen molar-refractivity contribution in [2.45, 2.75) is 13.8 Å². The number of aryl methyl sites for hydroxylation is 2. The number of halogens is 1. The van der Waals surface area contributed by atoms with Crippen LogP contribution in [0.1, 0.15) is 21.6 Å². The highest BCUT2D eigenvalue weighted by molar-refractivity contribution is 6.36. The molecule has 0 aliphatic heterocycles. The summed E-state index contributed by atoms with van der Waals surface area (Å²) in [5.74, 6) is -0.253. The summed E-state index contributed by atoms with van der Waals surface area (Å²) in [6.45, 7) is 3.73. The number of hydrogen-bond donors (Lipinski definition) is 2. The summed E-state index contributed by atoms with van der Waals surface area (Å²) < 4.78 is 0. The van der Waals surface area contributed by atoms with Crippen molar-refractivity contribution >= 4 is 34.1 Å². The number of nitrogens with zero attached hydrogens (tertiary/aromatic N) is 2. The summed E-state index contributed by atoms with van der Waals surface area (Å²) in [4.78, 5) is 16.7. The summed E-state index contributed by atoms with van der Waals surface area (Å²) in [6.07, 6.45) is 3.21. The smallest absolute Gasteiger partial charge is 0.259 e. The van der Waals surface area contributed by atoms with E-state index in [1.165, 1.54) is 6.20 Å². The largest absolute Gasteiger partial charge is 0.320 e. The van der Waals surface area contributed by atoms with Gasteiger partial charge < -0.3 is 5.32 Å². The summed E-state index contributed by atoms with van der Waals surface area (Å²) in [5.41, 5.74) is 3.55. The van der Waals surface area contributed by atoms with Gasteiger partial charge in [-0.05, 0) is 37.6 Å². The number of hydrogen-bond acceptors (Lipinski definition) is 3. The Hall–Kier alpha value is -2.40. The maximum atomic E-state index is 12.3. The number of rotatable bonds is 2. The molecule has 2 aromatic heterocycles. The average molecular weight is 301 g/mol. The summed E-state index contributed by atoms with van der Waals surface area (Å²) in [6, 6.07) is 5.50. The highest BCUT2D eigenvalue weighted by Crippen LogP contribution is 2.33. The van der Waals surface area contributed by atoms with Crippen LogP contribution >= 0.6 is 11.6 Å². The van der Waals surface area contributed by atoms with Crippen molar-refractivity contribution in [3.05, 3.63) is 52.4 Å². The van der Waals surface area contributed by atoms with Gasteiger partial charge in [0.25, 0.3) is 5.91 Å². The lowest BCUT2D eigenvalue weighted by molar-refractivity contribution is 0.102. The van der Waals surface area contributed by atoms with E-state index in [0.717, 1.165) is 16.5 Å². The first kappa shape index (κ1) is 13.6. The number of benzene rings is 1. The molecule has 3 aromatic rings. The molecule has 2 N–H and O–H groups in total. The third-order valence-corrected chi connectivity index (χ3v) is 3.64. The molecule has 0 radical (unpaired) electrons. The van der Waals surface area contributed by atoms with E-state index in [2.05, 4.69) is 20.5 Å². The predicted octanol–water partition coefficient (Wildman–Crippen LogP) is 3.48. The predicted molar refractivity (Wildman–Crippen MR) is 82.8 cm³/mol. The molecule has 106 valence electrons. The molecule has 0 bridgehead atoms.